The summed E-state index contributed by atoms with van der Waals surface area (Å²) in [6, 6.07) is 19.9. The minimum absolute atomic E-state index is 0. The minimum atomic E-state index is -0.551. The van der Waals surface area contributed by atoms with E-state index in [-0.39, 0.29) is 31.3 Å². The Morgan fingerprint density at radius 1 is 0.822 bits per heavy atom. The maximum atomic E-state index is 12.8. The Kier molecular flexibility index (Phi) is 16.5. The van der Waals surface area contributed by atoms with Gasteiger partial charge in [-0.05, 0) is 92.6 Å². The van der Waals surface area contributed by atoms with Crippen LogP contribution in [0.5, 0.6) is 23.0 Å². The van der Waals surface area contributed by atoms with E-state index in [0.29, 0.717) is 52.7 Å². The van der Waals surface area contributed by atoms with Crippen molar-refractivity contribution in [1.29, 1.82) is 0 Å². The number of halogens is 1. The third-order valence-corrected chi connectivity index (χ3v) is 6.29. The molecule has 0 atom stereocenters. The first-order chi connectivity index (χ1) is 21.1. The molecule has 4 rings (SSSR count). The lowest BCUT2D eigenvalue weighted by molar-refractivity contribution is -0.697. The van der Waals surface area contributed by atoms with Gasteiger partial charge in [-0.3, -0.25) is 0 Å². The van der Waals surface area contributed by atoms with Gasteiger partial charge in [-0.2, -0.15) is 0 Å². The molecule has 0 unspecified atom stereocenters. The van der Waals surface area contributed by atoms with Crippen molar-refractivity contribution in [3.8, 4) is 35.3 Å². The molecule has 0 fully saturated rings. The molecule has 0 saturated carbocycles. The number of benzene rings is 3. The number of hydrogen-bond acceptors (Lipinski definition) is 7. The van der Waals surface area contributed by atoms with E-state index in [9.17, 15) is 14.7 Å². The average Bonchev–Trinajstić information content (AvgIpc) is 3.03. The van der Waals surface area contributed by atoms with Crippen molar-refractivity contribution >= 4 is 17.6 Å². The van der Waals surface area contributed by atoms with Gasteiger partial charge in [-0.25, -0.2) is 14.2 Å². The first-order valence-corrected chi connectivity index (χ1v) is 14.2. The van der Waals surface area contributed by atoms with E-state index in [4.69, 9.17) is 14.2 Å². The van der Waals surface area contributed by atoms with Crippen LogP contribution in [0, 0.1) is 26.2 Å². The summed E-state index contributed by atoms with van der Waals surface area (Å²) in [6.07, 6.45) is 8.61. The smallest absolute Gasteiger partial charge is 0.343 e. The van der Waals surface area contributed by atoms with Gasteiger partial charge in [0.25, 0.3) is 0 Å². The van der Waals surface area contributed by atoms with Gasteiger partial charge in [-0.15, -0.1) is 12.3 Å². The number of nitrogens with zero attached hydrogens (tertiary/aromatic N) is 2. The molecular weight excluding hydrogens is 636 g/mol. The highest BCUT2D eigenvalue weighted by Crippen LogP contribution is 2.30. The molecule has 1 heterocycles. The number of carbonyl (C=O) groups is 2. The van der Waals surface area contributed by atoms with Crippen molar-refractivity contribution in [3.05, 3.63) is 107 Å². The average molecular weight is 690 g/mol. The Hall–Kier alpha value is -4.81. The van der Waals surface area contributed by atoms with E-state index in [1.54, 1.807) is 57.2 Å². The van der Waals surface area contributed by atoms with Crippen LogP contribution in [-0.4, -0.2) is 37.7 Å². The molecular formula is C36H53BrN2O6. The second-order valence-corrected chi connectivity index (χ2v) is 9.49. The van der Waals surface area contributed by atoms with Gasteiger partial charge in [0.2, 0.25) is 0 Å². The lowest BCUT2D eigenvalue weighted by Crippen LogP contribution is -3.00. The molecule has 0 aliphatic rings. The SMILES string of the molecule is C#CC.CC.Cc1c(OC(=O)c2ccc(O)cc2)ccc(OC(=O)c2ccc(OCC[n+]3ccc(N(C)C)cc3)cc2)c1C.[Br-].[HH].[HH].[HH].[HH].[HH].[HH]. The lowest BCUT2D eigenvalue weighted by Gasteiger charge is -2.14. The van der Waals surface area contributed by atoms with Crippen molar-refractivity contribution in [1.82, 2.24) is 0 Å². The number of anilines is 1. The number of rotatable bonds is 9. The summed E-state index contributed by atoms with van der Waals surface area (Å²) in [5.41, 5.74) is 3.17. The number of phenolic OH excluding ortho intramolecular Hbond substituents is 1. The van der Waals surface area contributed by atoms with Crippen LogP contribution in [0.25, 0.3) is 0 Å². The fourth-order valence-electron chi connectivity index (χ4n) is 3.76. The zero-order valence-electron chi connectivity index (χ0n) is 26.8. The zero-order chi connectivity index (χ0) is 32.6. The quantitative estimate of drug-likeness (QED) is 0.114. The Morgan fingerprint density at radius 2 is 1.24 bits per heavy atom. The normalized spacial score (nSPS) is 9.47. The van der Waals surface area contributed by atoms with E-state index in [1.165, 1.54) is 24.3 Å². The molecule has 0 amide bonds. The zero-order valence-corrected chi connectivity index (χ0v) is 28.4. The van der Waals surface area contributed by atoms with E-state index in [2.05, 4.69) is 12.3 Å². The number of aromatic nitrogens is 1. The van der Waals surface area contributed by atoms with Crippen LogP contribution in [0.4, 0.5) is 5.69 Å². The van der Waals surface area contributed by atoms with Crippen molar-refractivity contribution in [3.63, 3.8) is 0 Å². The highest BCUT2D eigenvalue weighted by Gasteiger charge is 2.16. The highest BCUT2D eigenvalue weighted by molar-refractivity contribution is 5.92. The largest absolute Gasteiger partial charge is 1.00 e. The van der Waals surface area contributed by atoms with Gasteiger partial charge in [0.1, 0.15) is 29.6 Å². The van der Waals surface area contributed by atoms with E-state index < -0.39 is 11.9 Å². The predicted octanol–water partition coefficient (Wildman–Crippen LogP) is 5.03. The summed E-state index contributed by atoms with van der Waals surface area (Å²) in [5.74, 6) is 2.65. The molecule has 45 heavy (non-hydrogen) atoms. The van der Waals surface area contributed by atoms with Gasteiger partial charge >= 0.3 is 11.9 Å². The van der Waals surface area contributed by atoms with E-state index >= 15 is 0 Å². The van der Waals surface area contributed by atoms with Gasteiger partial charge in [0.05, 0.1) is 11.1 Å². The van der Waals surface area contributed by atoms with Crippen LogP contribution in [0.15, 0.2) is 85.2 Å². The third kappa shape index (κ3) is 11.7. The predicted molar refractivity (Wildman–Crippen MR) is 185 cm³/mol. The number of phenols is 1. The van der Waals surface area contributed by atoms with Crippen LogP contribution in [0.1, 0.15) is 61.2 Å². The number of ether oxygens (including phenoxy) is 3. The van der Waals surface area contributed by atoms with Gasteiger partial charge < -0.3 is 41.2 Å². The maximum absolute atomic E-state index is 12.8. The van der Waals surface area contributed by atoms with Crippen molar-refractivity contribution < 1.29 is 59.0 Å². The Labute approximate surface area is 285 Å². The Balaban J connectivity index is -0.000000401. The summed E-state index contributed by atoms with van der Waals surface area (Å²) in [4.78, 5) is 27.2. The van der Waals surface area contributed by atoms with Crippen LogP contribution < -0.4 is 40.7 Å². The van der Waals surface area contributed by atoms with Crippen LogP contribution in [-0.2, 0) is 6.54 Å². The summed E-state index contributed by atoms with van der Waals surface area (Å²) in [7, 11) is 4.00. The Bertz CT molecular complexity index is 1570. The molecule has 0 aliphatic carbocycles. The van der Waals surface area contributed by atoms with Crippen LogP contribution in [0.2, 0.25) is 0 Å². The molecule has 0 saturated heterocycles. The van der Waals surface area contributed by atoms with Crippen molar-refractivity contribution in [2.75, 3.05) is 25.6 Å². The fourth-order valence-corrected chi connectivity index (χ4v) is 3.76. The first-order valence-electron chi connectivity index (χ1n) is 14.2. The minimum Gasteiger partial charge on any atom is -1.00 e. The lowest BCUT2D eigenvalue weighted by atomic mass is 10.1. The monoisotopic (exact) mass is 688 g/mol. The number of terminal acetylenes is 1. The van der Waals surface area contributed by atoms with Gasteiger partial charge in [0.15, 0.2) is 18.9 Å². The Morgan fingerprint density at radius 3 is 1.67 bits per heavy atom. The number of pyridine rings is 1. The first kappa shape index (κ1) is 38.2. The number of carbonyl (C=O) groups excluding carboxylic acids is 2. The van der Waals surface area contributed by atoms with Gasteiger partial charge in [-0.1, -0.05) is 13.8 Å². The molecule has 0 bridgehead atoms. The molecule has 9 heteroatoms. The summed E-state index contributed by atoms with van der Waals surface area (Å²) < 4.78 is 19.0. The molecule has 0 radical (unpaired) electrons. The fraction of sp³-hybridized carbons (Fsp3) is 0.250. The topological polar surface area (TPSA) is 89.2 Å². The molecule has 8 nitrogen and oxygen atoms in total. The van der Waals surface area contributed by atoms with Crippen molar-refractivity contribution in [2.45, 2.75) is 41.2 Å². The number of hydrogen-bond donors (Lipinski definition) is 1. The third-order valence-electron chi connectivity index (χ3n) is 6.29. The molecule has 0 spiro atoms. The van der Waals surface area contributed by atoms with Crippen LogP contribution >= 0.6 is 0 Å². The summed E-state index contributed by atoms with van der Waals surface area (Å²) in [6.45, 7) is 10.4. The number of aromatic hydroxyl groups is 1. The molecule has 0 aliphatic heterocycles. The molecule has 4 aromatic rings. The van der Waals surface area contributed by atoms with Crippen LogP contribution in [0.3, 0.4) is 0 Å². The molecule has 1 aromatic heterocycles. The summed E-state index contributed by atoms with van der Waals surface area (Å²) in [5, 5.41) is 9.40. The summed E-state index contributed by atoms with van der Waals surface area (Å²) >= 11 is 0. The molecule has 1 N–H and O–H groups in total. The van der Waals surface area contributed by atoms with Gasteiger partial charge in [0, 0.05) is 40.5 Å². The number of esters is 2. The van der Waals surface area contributed by atoms with E-state index in [1.807, 2.05) is 61.9 Å². The maximum Gasteiger partial charge on any atom is 0.343 e. The highest BCUT2D eigenvalue weighted by atomic mass is 79.9. The second kappa shape index (κ2) is 19.5. The van der Waals surface area contributed by atoms with Crippen molar-refractivity contribution in [2.24, 2.45) is 0 Å². The van der Waals surface area contributed by atoms with E-state index in [0.717, 1.165) is 5.69 Å². The molecule has 3 aromatic carbocycles. The molecule has 250 valence electrons. The second-order valence-electron chi connectivity index (χ2n) is 9.49. The standard InChI is InChI=1S/C31H30N2O6.C3H4.C2H6.BrH.6H2/c1-21-22(2)29(14-13-28(21)38-30(35)23-5-9-26(34)10-6-23)39-31(36)24-7-11-27(12-8-24)37-20-19-33-17-15-25(16-18-33)32(3)4;1-3-2;1-2;;;;;;;/h5-18H,19-20H2,1-4H3;1H,2H3;1-2H3;7*1H.